The predicted molar refractivity (Wildman–Crippen MR) is 74.4 cm³/mol. The van der Waals surface area contributed by atoms with E-state index in [0.29, 0.717) is 24.4 Å². The Balaban J connectivity index is 2.76. The highest BCUT2D eigenvalue weighted by Gasteiger charge is 2.40. The van der Waals surface area contributed by atoms with Crippen molar-refractivity contribution in [3.63, 3.8) is 0 Å². The normalized spacial score (nSPS) is 19.2. The number of Topliss-reactive ketones (excluding diaryl/α,β-unsaturated/α-hetero) is 2. The van der Waals surface area contributed by atoms with Crippen LogP contribution in [-0.2, 0) is 9.59 Å². The summed E-state index contributed by atoms with van der Waals surface area (Å²) in [5, 5.41) is 0. The van der Waals surface area contributed by atoms with Crippen LogP contribution in [0.5, 0.6) is 0 Å². The molecule has 0 bridgehead atoms. The molecule has 0 aliphatic heterocycles. The van der Waals surface area contributed by atoms with E-state index in [2.05, 4.69) is 0 Å². The lowest BCUT2D eigenvalue weighted by Gasteiger charge is -2.31. The summed E-state index contributed by atoms with van der Waals surface area (Å²) in [5.41, 5.74) is -0.303. The Bertz CT molecular complexity index is 314. The Hall–Kier alpha value is -0.660. The van der Waals surface area contributed by atoms with E-state index in [4.69, 9.17) is 0 Å². The number of rotatable bonds is 5. The third kappa shape index (κ3) is 3.93. The average molecular weight is 252 g/mol. The van der Waals surface area contributed by atoms with E-state index in [1.807, 2.05) is 34.6 Å². The number of hydrogen-bond donors (Lipinski definition) is 0. The van der Waals surface area contributed by atoms with Gasteiger partial charge in [-0.1, -0.05) is 47.5 Å². The molecule has 0 N–H and O–H groups in total. The Kier molecular flexibility index (Phi) is 4.74. The van der Waals surface area contributed by atoms with Gasteiger partial charge in [0, 0.05) is 24.2 Å². The number of carbonyl (C=O) groups excluding carboxylic acids is 2. The zero-order valence-corrected chi connectivity index (χ0v) is 12.6. The van der Waals surface area contributed by atoms with Gasteiger partial charge >= 0.3 is 0 Å². The first-order chi connectivity index (χ1) is 8.16. The summed E-state index contributed by atoms with van der Waals surface area (Å²) in [6.07, 6.45) is 5.63. The van der Waals surface area contributed by atoms with Crippen molar-refractivity contribution >= 4 is 11.6 Å². The summed E-state index contributed by atoms with van der Waals surface area (Å²) in [7, 11) is 0. The predicted octanol–water partition coefficient (Wildman–Crippen LogP) is 4.17. The second-order valence-electron chi connectivity index (χ2n) is 7.35. The van der Waals surface area contributed by atoms with E-state index in [1.54, 1.807) is 0 Å². The highest BCUT2D eigenvalue weighted by Crippen LogP contribution is 2.46. The molecule has 1 fully saturated rings. The largest absolute Gasteiger partial charge is 0.299 e. The van der Waals surface area contributed by atoms with Crippen molar-refractivity contribution in [2.45, 2.75) is 73.1 Å². The molecule has 0 aromatic heterocycles. The fourth-order valence-corrected chi connectivity index (χ4v) is 2.72. The maximum absolute atomic E-state index is 12.3. The van der Waals surface area contributed by atoms with Crippen molar-refractivity contribution in [2.24, 2.45) is 16.7 Å². The summed E-state index contributed by atoms with van der Waals surface area (Å²) in [5.74, 6) is 0.715. The molecule has 0 aromatic rings. The minimum Gasteiger partial charge on any atom is -0.299 e. The van der Waals surface area contributed by atoms with Crippen molar-refractivity contribution in [2.75, 3.05) is 0 Å². The second kappa shape index (κ2) is 5.54. The molecule has 0 spiro atoms. The van der Waals surface area contributed by atoms with Crippen LogP contribution in [0.2, 0.25) is 0 Å². The summed E-state index contributed by atoms with van der Waals surface area (Å²) in [4.78, 5) is 24.3. The van der Waals surface area contributed by atoms with Crippen molar-refractivity contribution in [1.82, 2.24) is 0 Å². The first-order valence-electron chi connectivity index (χ1n) is 7.22. The van der Waals surface area contributed by atoms with E-state index in [9.17, 15) is 9.59 Å². The smallest absolute Gasteiger partial charge is 0.138 e. The van der Waals surface area contributed by atoms with Crippen LogP contribution in [0.1, 0.15) is 73.1 Å². The molecular weight excluding hydrogens is 224 g/mol. The number of hydrogen-bond acceptors (Lipinski definition) is 2. The van der Waals surface area contributed by atoms with Gasteiger partial charge in [0.05, 0.1) is 0 Å². The second-order valence-corrected chi connectivity index (χ2v) is 7.35. The lowest BCUT2D eigenvalue weighted by atomic mass is 9.72. The van der Waals surface area contributed by atoms with Gasteiger partial charge in [-0.2, -0.15) is 0 Å². The summed E-state index contributed by atoms with van der Waals surface area (Å²) in [6, 6.07) is 0. The minimum absolute atomic E-state index is 0.0221. The Morgan fingerprint density at radius 2 is 1.56 bits per heavy atom. The van der Waals surface area contributed by atoms with Crippen LogP contribution in [0.15, 0.2) is 0 Å². The van der Waals surface area contributed by atoms with Crippen LogP contribution in [0.25, 0.3) is 0 Å². The molecule has 18 heavy (non-hydrogen) atoms. The van der Waals surface area contributed by atoms with Gasteiger partial charge < -0.3 is 0 Å². The summed E-state index contributed by atoms with van der Waals surface area (Å²) < 4.78 is 0. The van der Waals surface area contributed by atoms with E-state index >= 15 is 0 Å². The fourth-order valence-electron chi connectivity index (χ4n) is 2.72. The van der Waals surface area contributed by atoms with E-state index in [-0.39, 0.29) is 16.7 Å². The molecule has 2 nitrogen and oxygen atoms in total. The minimum atomic E-state index is -0.281. The fraction of sp³-hybridized carbons (Fsp3) is 0.875. The average Bonchev–Trinajstić information content (AvgIpc) is 2.64. The SMILES string of the molecule is CC(C)C(=O)CC1(CC(=O)C(C)(C)C)CCCC1. The summed E-state index contributed by atoms with van der Waals surface area (Å²) >= 11 is 0. The van der Waals surface area contributed by atoms with Crippen LogP contribution < -0.4 is 0 Å². The van der Waals surface area contributed by atoms with Crippen molar-refractivity contribution in [3.8, 4) is 0 Å². The molecule has 0 atom stereocenters. The van der Waals surface area contributed by atoms with Gasteiger partial charge in [0.2, 0.25) is 0 Å². The lowest BCUT2D eigenvalue weighted by Crippen LogP contribution is -2.31. The van der Waals surface area contributed by atoms with Crippen molar-refractivity contribution in [1.29, 1.82) is 0 Å². The molecule has 1 rings (SSSR count). The molecule has 0 amide bonds. The molecule has 104 valence electrons. The summed E-state index contributed by atoms with van der Waals surface area (Å²) in [6.45, 7) is 9.83. The molecule has 2 heteroatoms. The molecule has 0 saturated heterocycles. The monoisotopic (exact) mass is 252 g/mol. The maximum atomic E-state index is 12.3. The third-order valence-electron chi connectivity index (χ3n) is 4.23. The van der Waals surface area contributed by atoms with Gasteiger partial charge in [-0.05, 0) is 18.3 Å². The first kappa shape index (κ1) is 15.4. The maximum Gasteiger partial charge on any atom is 0.138 e. The van der Waals surface area contributed by atoms with Gasteiger partial charge in [-0.25, -0.2) is 0 Å². The molecule has 0 radical (unpaired) electrons. The molecule has 0 aromatic carbocycles. The molecule has 0 unspecified atom stereocenters. The Morgan fingerprint density at radius 1 is 1.06 bits per heavy atom. The van der Waals surface area contributed by atoms with Gasteiger partial charge in [0.25, 0.3) is 0 Å². The van der Waals surface area contributed by atoms with Crippen LogP contribution in [-0.4, -0.2) is 11.6 Å². The van der Waals surface area contributed by atoms with E-state index in [1.165, 1.54) is 12.8 Å². The molecule has 1 saturated carbocycles. The third-order valence-corrected chi connectivity index (χ3v) is 4.23. The topological polar surface area (TPSA) is 34.1 Å². The quantitative estimate of drug-likeness (QED) is 0.736. The molecule has 0 heterocycles. The van der Waals surface area contributed by atoms with Crippen LogP contribution in [0, 0.1) is 16.7 Å². The van der Waals surface area contributed by atoms with Crippen LogP contribution in [0.3, 0.4) is 0 Å². The van der Waals surface area contributed by atoms with E-state index in [0.717, 1.165) is 12.8 Å². The van der Waals surface area contributed by atoms with Crippen LogP contribution >= 0.6 is 0 Å². The van der Waals surface area contributed by atoms with Gasteiger partial charge in [0.15, 0.2) is 0 Å². The number of ketones is 2. The standard InChI is InChI=1S/C16H28O2/c1-12(2)13(17)10-16(8-6-7-9-16)11-14(18)15(3,4)5/h12H,6-11H2,1-5H3. The highest BCUT2D eigenvalue weighted by atomic mass is 16.1. The van der Waals surface area contributed by atoms with Gasteiger partial charge in [-0.3, -0.25) is 9.59 Å². The zero-order valence-electron chi connectivity index (χ0n) is 12.6. The first-order valence-corrected chi connectivity index (χ1v) is 7.22. The molecular formula is C16H28O2. The number of carbonyl (C=O) groups is 2. The highest BCUT2D eigenvalue weighted by molar-refractivity contribution is 5.86. The van der Waals surface area contributed by atoms with Crippen LogP contribution in [0.4, 0.5) is 0 Å². The van der Waals surface area contributed by atoms with Gasteiger partial charge in [-0.15, -0.1) is 0 Å². The van der Waals surface area contributed by atoms with Crippen molar-refractivity contribution < 1.29 is 9.59 Å². The van der Waals surface area contributed by atoms with Gasteiger partial charge in [0.1, 0.15) is 11.6 Å². The van der Waals surface area contributed by atoms with E-state index < -0.39 is 0 Å². The zero-order chi connectivity index (χ0) is 14.0. The Labute approximate surface area is 112 Å². The van der Waals surface area contributed by atoms with Crippen molar-refractivity contribution in [3.05, 3.63) is 0 Å². The molecule has 1 aliphatic carbocycles. The lowest BCUT2D eigenvalue weighted by molar-refractivity contribution is -0.130. The molecule has 1 aliphatic rings. The Morgan fingerprint density at radius 3 is 1.94 bits per heavy atom.